The largest absolute Gasteiger partial charge is 0.271 e. The maximum Gasteiger partial charge on any atom is 0.0849 e. The Morgan fingerprint density at radius 2 is 2.17 bits per heavy atom. The van der Waals surface area contributed by atoms with Gasteiger partial charge in [-0.3, -0.25) is 4.68 Å². The van der Waals surface area contributed by atoms with E-state index >= 15 is 0 Å². The summed E-state index contributed by atoms with van der Waals surface area (Å²) in [5, 5.41) is 5.39. The lowest BCUT2D eigenvalue weighted by Crippen LogP contribution is -2.26. The minimum atomic E-state index is 0.629. The molecule has 1 aliphatic rings. The zero-order chi connectivity index (χ0) is 13.3. The molecule has 1 aromatic rings. The van der Waals surface area contributed by atoms with Crippen LogP contribution in [0.25, 0.3) is 0 Å². The first-order valence-corrected chi connectivity index (χ1v) is 8.16. The van der Waals surface area contributed by atoms with Gasteiger partial charge in [-0.1, -0.05) is 41.4 Å². The van der Waals surface area contributed by atoms with Gasteiger partial charge in [0.15, 0.2) is 0 Å². The van der Waals surface area contributed by atoms with Crippen molar-refractivity contribution in [3.8, 4) is 0 Å². The maximum atomic E-state index is 6.43. The summed E-state index contributed by atoms with van der Waals surface area (Å²) in [4.78, 5) is 0.629. The number of nitrogens with zero attached hydrogens (tertiary/aromatic N) is 2. The van der Waals surface area contributed by atoms with Crippen LogP contribution in [0.15, 0.2) is 0 Å². The highest BCUT2D eigenvalue weighted by atomic mass is 79.9. The van der Waals surface area contributed by atoms with E-state index in [2.05, 4.69) is 34.9 Å². The van der Waals surface area contributed by atoms with Crippen molar-refractivity contribution in [3.63, 3.8) is 0 Å². The smallest absolute Gasteiger partial charge is 0.0849 e. The molecule has 1 heterocycles. The average molecular weight is 334 g/mol. The molecular weight excluding hydrogens is 312 g/mol. The number of hydrogen-bond donors (Lipinski definition) is 0. The molecule has 0 aromatic carbocycles. The van der Waals surface area contributed by atoms with Crippen molar-refractivity contribution in [1.82, 2.24) is 9.78 Å². The highest BCUT2D eigenvalue weighted by Gasteiger charge is 2.28. The van der Waals surface area contributed by atoms with E-state index in [9.17, 15) is 0 Å². The fourth-order valence-electron chi connectivity index (χ4n) is 2.96. The first-order valence-electron chi connectivity index (χ1n) is 6.87. The third kappa shape index (κ3) is 2.93. The van der Waals surface area contributed by atoms with Gasteiger partial charge in [0, 0.05) is 11.9 Å². The van der Waals surface area contributed by atoms with E-state index in [4.69, 9.17) is 11.6 Å². The van der Waals surface area contributed by atoms with Crippen LogP contribution in [-0.4, -0.2) is 14.6 Å². The third-order valence-electron chi connectivity index (χ3n) is 4.11. The Kier molecular flexibility index (Phi) is 4.76. The van der Waals surface area contributed by atoms with Crippen LogP contribution in [0.3, 0.4) is 0 Å². The van der Waals surface area contributed by atoms with E-state index in [0.717, 1.165) is 29.5 Å². The van der Waals surface area contributed by atoms with Crippen LogP contribution in [0.1, 0.15) is 44.5 Å². The lowest BCUT2D eigenvalue weighted by Gasteiger charge is -2.31. The number of alkyl halides is 1. The first-order chi connectivity index (χ1) is 8.52. The Bertz CT molecular complexity index is 416. The second-order valence-electron chi connectivity index (χ2n) is 5.58. The second kappa shape index (κ2) is 5.96. The normalized spacial score (nSPS) is 28.6. The molecule has 0 N–H and O–H groups in total. The van der Waals surface area contributed by atoms with E-state index in [-0.39, 0.29) is 0 Å². The van der Waals surface area contributed by atoms with Crippen molar-refractivity contribution in [3.05, 3.63) is 16.4 Å². The summed E-state index contributed by atoms with van der Waals surface area (Å²) in [6.07, 6.45) is 5.86. The molecule has 0 spiro atoms. The van der Waals surface area contributed by atoms with Gasteiger partial charge in [0.1, 0.15) is 0 Å². The van der Waals surface area contributed by atoms with Crippen LogP contribution in [0.4, 0.5) is 0 Å². The van der Waals surface area contributed by atoms with Crippen LogP contribution in [0, 0.1) is 11.8 Å². The lowest BCUT2D eigenvalue weighted by atomic mass is 9.80. The fourth-order valence-corrected chi connectivity index (χ4v) is 4.00. The first kappa shape index (κ1) is 14.4. The monoisotopic (exact) mass is 332 g/mol. The van der Waals surface area contributed by atoms with E-state index in [1.54, 1.807) is 0 Å². The standard InChI is InChI=1S/C14H22BrClN2/c1-4-12-14(16)13(18(3)17-12)8-10-7-9(2)5-6-11(10)15/h9-11H,4-8H2,1-3H3. The highest BCUT2D eigenvalue weighted by Crippen LogP contribution is 2.37. The zero-order valence-electron chi connectivity index (χ0n) is 11.4. The fraction of sp³-hybridized carbons (Fsp3) is 0.786. The Balaban J connectivity index is 2.15. The van der Waals surface area contributed by atoms with Crippen molar-refractivity contribution in [2.24, 2.45) is 18.9 Å². The second-order valence-corrected chi connectivity index (χ2v) is 7.14. The molecule has 2 rings (SSSR count). The Hall–Kier alpha value is -0.0200. The molecule has 1 aromatic heterocycles. The van der Waals surface area contributed by atoms with Crippen LogP contribution >= 0.6 is 27.5 Å². The van der Waals surface area contributed by atoms with Gasteiger partial charge in [-0.05, 0) is 43.9 Å². The predicted molar refractivity (Wildman–Crippen MR) is 80.5 cm³/mol. The summed E-state index contributed by atoms with van der Waals surface area (Å²) < 4.78 is 1.97. The predicted octanol–water partition coefficient (Wildman–Crippen LogP) is 4.38. The van der Waals surface area contributed by atoms with Crippen molar-refractivity contribution in [2.45, 2.75) is 50.8 Å². The van der Waals surface area contributed by atoms with Gasteiger partial charge in [-0.25, -0.2) is 0 Å². The van der Waals surface area contributed by atoms with Gasteiger partial charge < -0.3 is 0 Å². The van der Waals surface area contributed by atoms with Crippen molar-refractivity contribution in [2.75, 3.05) is 0 Å². The summed E-state index contributed by atoms with van der Waals surface area (Å²) in [5.74, 6) is 1.52. The topological polar surface area (TPSA) is 17.8 Å². The molecule has 0 aliphatic heterocycles. The number of aryl methyl sites for hydroxylation is 2. The van der Waals surface area contributed by atoms with Gasteiger partial charge in [0.25, 0.3) is 0 Å². The summed E-state index contributed by atoms with van der Waals surface area (Å²) in [6.45, 7) is 4.46. The zero-order valence-corrected chi connectivity index (χ0v) is 13.8. The Morgan fingerprint density at radius 1 is 1.44 bits per heavy atom. The van der Waals surface area contributed by atoms with Gasteiger partial charge in [-0.2, -0.15) is 5.10 Å². The summed E-state index contributed by atoms with van der Waals surface area (Å²) in [7, 11) is 2.01. The lowest BCUT2D eigenvalue weighted by molar-refractivity contribution is 0.291. The molecule has 0 saturated heterocycles. The highest BCUT2D eigenvalue weighted by molar-refractivity contribution is 9.09. The average Bonchev–Trinajstić information content (AvgIpc) is 2.61. The molecule has 1 fully saturated rings. The van der Waals surface area contributed by atoms with E-state index in [1.165, 1.54) is 25.0 Å². The molecule has 2 nitrogen and oxygen atoms in total. The minimum absolute atomic E-state index is 0.629. The molecule has 1 aliphatic carbocycles. The number of aromatic nitrogens is 2. The molecule has 0 radical (unpaired) electrons. The molecule has 0 amide bonds. The van der Waals surface area contributed by atoms with Crippen molar-refractivity contribution >= 4 is 27.5 Å². The Morgan fingerprint density at radius 3 is 2.78 bits per heavy atom. The Labute approximate surface area is 123 Å². The summed E-state index contributed by atoms with van der Waals surface area (Å²) >= 11 is 10.3. The van der Waals surface area contributed by atoms with Crippen molar-refractivity contribution < 1.29 is 0 Å². The molecular formula is C14H22BrClN2. The number of rotatable bonds is 3. The van der Waals surface area contributed by atoms with Crippen LogP contribution in [0.5, 0.6) is 0 Å². The van der Waals surface area contributed by atoms with Gasteiger partial charge in [-0.15, -0.1) is 0 Å². The molecule has 0 bridgehead atoms. The molecule has 18 heavy (non-hydrogen) atoms. The number of halogens is 2. The van der Waals surface area contributed by atoms with Gasteiger partial charge in [0.05, 0.1) is 16.4 Å². The van der Waals surface area contributed by atoms with Crippen molar-refractivity contribution in [1.29, 1.82) is 0 Å². The minimum Gasteiger partial charge on any atom is -0.271 e. The van der Waals surface area contributed by atoms with Crippen LogP contribution < -0.4 is 0 Å². The van der Waals surface area contributed by atoms with Gasteiger partial charge >= 0.3 is 0 Å². The quantitative estimate of drug-likeness (QED) is 0.751. The van der Waals surface area contributed by atoms with E-state index in [1.807, 2.05) is 11.7 Å². The van der Waals surface area contributed by atoms with E-state index < -0.39 is 0 Å². The van der Waals surface area contributed by atoms with Gasteiger partial charge in [0.2, 0.25) is 0 Å². The summed E-state index contributed by atoms with van der Waals surface area (Å²) in [5.41, 5.74) is 2.24. The number of hydrogen-bond acceptors (Lipinski definition) is 1. The summed E-state index contributed by atoms with van der Waals surface area (Å²) in [6, 6.07) is 0. The molecule has 3 atom stereocenters. The maximum absolute atomic E-state index is 6.43. The molecule has 102 valence electrons. The van der Waals surface area contributed by atoms with E-state index in [0.29, 0.717) is 10.7 Å². The molecule has 3 unspecified atom stereocenters. The molecule has 4 heteroatoms. The van der Waals surface area contributed by atoms with Crippen LogP contribution in [0.2, 0.25) is 5.02 Å². The third-order valence-corrected chi connectivity index (χ3v) is 5.75. The van der Waals surface area contributed by atoms with Crippen LogP contribution in [-0.2, 0) is 19.9 Å². The molecule has 1 saturated carbocycles. The SMILES string of the molecule is CCc1nn(C)c(CC2CC(C)CCC2Br)c1Cl.